The molecule has 0 saturated heterocycles. The quantitative estimate of drug-likeness (QED) is 0.612. The van der Waals surface area contributed by atoms with Crippen LogP contribution in [0.3, 0.4) is 0 Å². The van der Waals surface area contributed by atoms with Crippen molar-refractivity contribution in [3.05, 3.63) is 0 Å². The highest BCUT2D eigenvalue weighted by atomic mass is 16.3. The minimum atomic E-state index is -0.772. The normalized spacial score (nSPS) is 17.2. The second-order valence-electron chi connectivity index (χ2n) is 2.37. The van der Waals surface area contributed by atoms with Gasteiger partial charge in [0.2, 0.25) is 0 Å². The van der Waals surface area contributed by atoms with Crippen LogP contribution in [0.4, 0.5) is 0 Å². The Labute approximate surface area is 60.9 Å². The van der Waals surface area contributed by atoms with E-state index in [1.54, 1.807) is 0 Å². The summed E-state index contributed by atoms with van der Waals surface area (Å²) in [5.41, 5.74) is 0. The van der Waals surface area contributed by atoms with Crippen molar-refractivity contribution in [2.24, 2.45) is 0 Å². The first-order chi connectivity index (χ1) is 5.16. The monoisotopic (exact) mass is 134 g/mol. The van der Waals surface area contributed by atoms with Crippen molar-refractivity contribution in [2.75, 3.05) is 0 Å². The third-order valence-electron chi connectivity index (χ3n) is 1.39. The smallest absolute Gasteiger partial charge is 0.0540 e. The number of aliphatic hydroxyl groups excluding tert-OH is 1. The Morgan fingerprint density at radius 1 is 1.44 bits per heavy atom. The van der Waals surface area contributed by atoms with E-state index in [-0.39, 0.29) is 6.10 Å². The summed E-state index contributed by atoms with van der Waals surface area (Å²) < 4.78 is 13.8. The van der Waals surface area contributed by atoms with Crippen molar-refractivity contribution in [2.45, 2.75) is 52.0 Å². The molecule has 56 valence electrons. The summed E-state index contributed by atoms with van der Waals surface area (Å²) in [4.78, 5) is 0. The summed E-state index contributed by atoms with van der Waals surface area (Å²) in [7, 11) is 0. The largest absolute Gasteiger partial charge is 0.393 e. The average molecular weight is 134 g/mol. The van der Waals surface area contributed by atoms with Gasteiger partial charge >= 0.3 is 0 Å². The Morgan fingerprint density at radius 2 is 2.22 bits per heavy atom. The van der Waals surface area contributed by atoms with Gasteiger partial charge in [0.25, 0.3) is 0 Å². The Kier molecular flexibility index (Phi) is 3.87. The standard InChI is InChI=1S/C8H18O/c1-3-5-7-8(9)6-4-2/h8-9H,3-7H2,1-2H3/i2T2. The van der Waals surface area contributed by atoms with E-state index >= 15 is 0 Å². The molecule has 0 aromatic carbocycles. The summed E-state index contributed by atoms with van der Waals surface area (Å²) in [5.74, 6) is 0. The van der Waals surface area contributed by atoms with Gasteiger partial charge in [-0.25, -0.2) is 0 Å². The molecule has 0 aliphatic carbocycles. The third kappa shape index (κ3) is 5.84. The van der Waals surface area contributed by atoms with Gasteiger partial charge in [0.15, 0.2) is 0 Å². The Hall–Kier alpha value is -0.0400. The third-order valence-corrected chi connectivity index (χ3v) is 1.39. The molecule has 0 spiro atoms. The van der Waals surface area contributed by atoms with Gasteiger partial charge in [-0.1, -0.05) is 33.1 Å². The van der Waals surface area contributed by atoms with E-state index in [1.165, 1.54) is 0 Å². The molecule has 1 nitrogen and oxygen atoms in total. The van der Waals surface area contributed by atoms with Crippen molar-refractivity contribution < 1.29 is 7.85 Å². The molecule has 0 radical (unpaired) electrons. The van der Waals surface area contributed by atoms with Gasteiger partial charge < -0.3 is 5.11 Å². The van der Waals surface area contributed by atoms with Gasteiger partial charge in [0.05, 0.1) is 6.10 Å². The zero-order valence-corrected chi connectivity index (χ0v) is 6.14. The second kappa shape index (κ2) is 6.09. The van der Waals surface area contributed by atoms with Gasteiger partial charge in [-0.15, -0.1) is 0 Å². The molecule has 0 aliphatic rings. The maximum absolute atomic E-state index is 9.26. The Bertz CT molecular complexity index is 86.2. The van der Waals surface area contributed by atoms with E-state index in [0.717, 1.165) is 19.3 Å². The highest BCUT2D eigenvalue weighted by Gasteiger charge is 1.99. The molecule has 1 heteroatoms. The van der Waals surface area contributed by atoms with Crippen molar-refractivity contribution in [3.63, 3.8) is 0 Å². The molecule has 0 heterocycles. The van der Waals surface area contributed by atoms with Gasteiger partial charge in [-0.3, -0.25) is 0 Å². The van der Waals surface area contributed by atoms with Crippen LogP contribution in [0.15, 0.2) is 0 Å². The first kappa shape index (κ1) is 5.72. The lowest BCUT2D eigenvalue weighted by molar-refractivity contribution is 0.150. The Balaban J connectivity index is 3.15. The highest BCUT2D eigenvalue weighted by molar-refractivity contribution is 4.52. The first-order valence-corrected chi connectivity index (χ1v) is 3.69. The zero-order valence-electron chi connectivity index (χ0n) is 8.14. The fourth-order valence-electron chi connectivity index (χ4n) is 0.776. The molecule has 0 bridgehead atoms. The van der Waals surface area contributed by atoms with Crippen LogP contribution in [0.25, 0.3) is 0 Å². The second-order valence-corrected chi connectivity index (χ2v) is 2.37. The van der Waals surface area contributed by atoms with Crippen LogP contribution in [0.2, 0.25) is 0 Å². The van der Waals surface area contributed by atoms with Gasteiger partial charge in [0.1, 0.15) is 0 Å². The Morgan fingerprint density at radius 3 is 2.78 bits per heavy atom. The van der Waals surface area contributed by atoms with Crippen LogP contribution in [0.5, 0.6) is 0 Å². The van der Waals surface area contributed by atoms with Crippen molar-refractivity contribution in [1.29, 1.82) is 0 Å². The summed E-state index contributed by atoms with van der Waals surface area (Å²) in [5, 5.41) is 9.26. The maximum atomic E-state index is 9.26. The molecule has 0 saturated carbocycles. The minimum Gasteiger partial charge on any atom is -0.393 e. The lowest BCUT2D eigenvalue weighted by Crippen LogP contribution is -2.04. The highest BCUT2D eigenvalue weighted by Crippen LogP contribution is 2.05. The fourth-order valence-corrected chi connectivity index (χ4v) is 0.776. The molecular formula is C8H18O. The molecule has 0 aromatic heterocycles. The van der Waals surface area contributed by atoms with Gasteiger partial charge in [-0.05, 0) is 12.8 Å². The van der Waals surface area contributed by atoms with E-state index < -0.39 is 6.88 Å². The lowest BCUT2D eigenvalue weighted by atomic mass is 10.1. The van der Waals surface area contributed by atoms with Gasteiger partial charge in [-0.2, -0.15) is 0 Å². The molecular weight excluding hydrogens is 112 g/mol. The molecule has 1 unspecified atom stereocenters. The SMILES string of the molecule is [3H]C([3H])CCC(O)CCCC. The molecule has 1 atom stereocenters. The molecule has 0 fully saturated rings. The van der Waals surface area contributed by atoms with E-state index in [0.29, 0.717) is 12.8 Å². The number of hydrogen-bond donors (Lipinski definition) is 1. The fraction of sp³-hybridized carbons (Fsp3) is 1.00. The van der Waals surface area contributed by atoms with Crippen molar-refractivity contribution in [3.8, 4) is 0 Å². The summed E-state index contributed by atoms with van der Waals surface area (Å²) >= 11 is 0. The molecule has 0 rings (SSSR count). The summed E-state index contributed by atoms with van der Waals surface area (Å²) in [6.45, 7) is 1.32. The van der Waals surface area contributed by atoms with Gasteiger partial charge in [0, 0.05) is 2.74 Å². The number of unbranched alkanes of at least 4 members (excludes halogenated alkanes) is 1. The number of rotatable bonds is 5. The van der Waals surface area contributed by atoms with Crippen LogP contribution >= 0.6 is 0 Å². The lowest BCUT2D eigenvalue weighted by Gasteiger charge is -2.06. The zero-order chi connectivity index (χ0) is 8.69. The average Bonchev–Trinajstić information content (AvgIpc) is 1.97. The maximum Gasteiger partial charge on any atom is 0.0540 e. The van der Waals surface area contributed by atoms with Crippen LogP contribution in [0, 0.1) is 0 Å². The van der Waals surface area contributed by atoms with Crippen molar-refractivity contribution >= 4 is 0 Å². The molecule has 0 aliphatic heterocycles. The molecule has 0 amide bonds. The van der Waals surface area contributed by atoms with E-state index in [1.807, 2.05) is 0 Å². The predicted molar refractivity (Wildman–Crippen MR) is 40.4 cm³/mol. The predicted octanol–water partition coefficient (Wildman–Crippen LogP) is 2.34. The minimum absolute atomic E-state index is 0.284. The van der Waals surface area contributed by atoms with E-state index in [4.69, 9.17) is 2.74 Å². The van der Waals surface area contributed by atoms with Crippen molar-refractivity contribution in [1.82, 2.24) is 0 Å². The topological polar surface area (TPSA) is 20.2 Å². The first-order valence-electron chi connectivity index (χ1n) is 4.84. The molecule has 0 aromatic rings. The number of hydrogen-bond acceptors (Lipinski definition) is 1. The summed E-state index contributed by atoms with van der Waals surface area (Å²) in [6.07, 6.45) is 3.78. The van der Waals surface area contributed by atoms with Crippen LogP contribution in [-0.2, 0) is 0 Å². The van der Waals surface area contributed by atoms with Crippen LogP contribution in [0.1, 0.15) is 48.6 Å². The van der Waals surface area contributed by atoms with E-state index in [2.05, 4.69) is 6.92 Å². The molecule has 9 heavy (non-hydrogen) atoms. The van der Waals surface area contributed by atoms with Crippen LogP contribution < -0.4 is 0 Å². The van der Waals surface area contributed by atoms with Crippen LogP contribution in [-0.4, -0.2) is 11.2 Å². The van der Waals surface area contributed by atoms with E-state index in [9.17, 15) is 5.11 Å². The molecule has 1 N–H and O–H groups in total. The number of aliphatic hydroxyl groups is 1. The summed E-state index contributed by atoms with van der Waals surface area (Å²) in [6, 6.07) is 0.